The van der Waals surface area contributed by atoms with Crippen molar-refractivity contribution in [2.24, 2.45) is 0 Å². The van der Waals surface area contributed by atoms with Crippen LogP contribution in [0, 0.1) is 6.92 Å². The SMILES string of the molecule is CCc1cccc(CC)c1-c1cc(OC)c(COc2ccc(Cl)c(C)c2)cn1. The number of methoxy groups -OCH3 is 1. The standard InChI is InChI=1S/C24H26ClNO2/c1-5-17-8-7-9-18(6-2)24(17)22-13-23(27-4)19(14-26-22)15-28-20-10-11-21(25)16(3)12-20/h7-14H,5-6,15H2,1-4H3. The summed E-state index contributed by atoms with van der Waals surface area (Å²) in [6.07, 6.45) is 3.78. The number of ether oxygens (including phenoxy) is 2. The number of aromatic nitrogens is 1. The fourth-order valence-electron chi connectivity index (χ4n) is 3.34. The number of nitrogens with zero attached hydrogens (tertiary/aromatic N) is 1. The maximum Gasteiger partial charge on any atom is 0.129 e. The lowest BCUT2D eigenvalue weighted by molar-refractivity contribution is 0.296. The normalized spacial score (nSPS) is 10.8. The van der Waals surface area contributed by atoms with E-state index in [-0.39, 0.29) is 0 Å². The van der Waals surface area contributed by atoms with Crippen molar-refractivity contribution in [3.63, 3.8) is 0 Å². The molecule has 0 amide bonds. The van der Waals surface area contributed by atoms with Gasteiger partial charge in [-0.3, -0.25) is 4.98 Å². The molecule has 1 aromatic heterocycles. The summed E-state index contributed by atoms with van der Waals surface area (Å²) in [5, 5.41) is 0.734. The topological polar surface area (TPSA) is 31.4 Å². The number of benzene rings is 2. The first-order valence-electron chi connectivity index (χ1n) is 9.60. The lowest BCUT2D eigenvalue weighted by Gasteiger charge is -2.15. The Bertz CT molecular complexity index is 947. The molecule has 3 nitrogen and oxygen atoms in total. The number of hydrogen-bond donors (Lipinski definition) is 0. The molecule has 4 heteroatoms. The van der Waals surface area contributed by atoms with Gasteiger partial charge in [0.15, 0.2) is 0 Å². The van der Waals surface area contributed by atoms with Crippen molar-refractivity contribution in [1.82, 2.24) is 4.98 Å². The zero-order chi connectivity index (χ0) is 20.1. The van der Waals surface area contributed by atoms with Gasteiger partial charge < -0.3 is 9.47 Å². The molecule has 3 rings (SSSR count). The predicted molar refractivity (Wildman–Crippen MR) is 116 cm³/mol. The summed E-state index contributed by atoms with van der Waals surface area (Å²) in [7, 11) is 1.68. The highest BCUT2D eigenvalue weighted by molar-refractivity contribution is 6.31. The van der Waals surface area contributed by atoms with Gasteiger partial charge in [-0.25, -0.2) is 0 Å². The second-order valence-corrected chi connectivity index (χ2v) is 7.15. The van der Waals surface area contributed by atoms with Gasteiger partial charge in [-0.05, 0) is 54.7 Å². The zero-order valence-electron chi connectivity index (χ0n) is 16.9. The lowest BCUT2D eigenvalue weighted by atomic mass is 9.94. The van der Waals surface area contributed by atoms with Gasteiger partial charge in [-0.2, -0.15) is 0 Å². The molecule has 0 aliphatic carbocycles. The van der Waals surface area contributed by atoms with Crippen molar-refractivity contribution in [2.45, 2.75) is 40.2 Å². The Morgan fingerprint density at radius 2 is 1.68 bits per heavy atom. The Labute approximate surface area is 172 Å². The van der Waals surface area contributed by atoms with Gasteiger partial charge >= 0.3 is 0 Å². The molecular formula is C24H26ClNO2. The molecule has 0 aliphatic rings. The molecule has 0 bridgehead atoms. The second kappa shape index (κ2) is 9.11. The van der Waals surface area contributed by atoms with Crippen molar-refractivity contribution in [2.75, 3.05) is 7.11 Å². The molecule has 0 radical (unpaired) electrons. The molecule has 0 atom stereocenters. The lowest BCUT2D eigenvalue weighted by Crippen LogP contribution is -2.02. The molecule has 2 aromatic carbocycles. The van der Waals surface area contributed by atoms with Gasteiger partial charge in [0, 0.05) is 28.4 Å². The van der Waals surface area contributed by atoms with E-state index in [2.05, 4.69) is 32.0 Å². The van der Waals surface area contributed by atoms with Crippen LogP contribution in [-0.2, 0) is 19.4 Å². The summed E-state index contributed by atoms with van der Waals surface area (Å²) in [5.74, 6) is 1.56. The first kappa shape index (κ1) is 20.2. The Balaban J connectivity index is 1.90. The number of rotatable bonds is 7. The van der Waals surface area contributed by atoms with Gasteiger partial charge in [-0.15, -0.1) is 0 Å². The highest BCUT2D eigenvalue weighted by atomic mass is 35.5. The van der Waals surface area contributed by atoms with E-state index < -0.39 is 0 Å². The van der Waals surface area contributed by atoms with Crippen molar-refractivity contribution in [3.8, 4) is 22.8 Å². The van der Waals surface area contributed by atoms with Crippen LogP contribution in [0.15, 0.2) is 48.7 Å². The third-order valence-corrected chi connectivity index (χ3v) is 5.37. The molecule has 146 valence electrons. The van der Waals surface area contributed by atoms with Crippen LogP contribution in [0.1, 0.15) is 36.1 Å². The summed E-state index contributed by atoms with van der Waals surface area (Å²) in [6, 6.07) is 14.1. The highest BCUT2D eigenvalue weighted by Gasteiger charge is 2.14. The minimum atomic E-state index is 0.383. The summed E-state index contributed by atoms with van der Waals surface area (Å²) < 4.78 is 11.6. The molecule has 0 aliphatic heterocycles. The number of aryl methyl sites for hydroxylation is 3. The quantitative estimate of drug-likeness (QED) is 0.462. The Hall–Kier alpha value is -2.52. The van der Waals surface area contributed by atoms with E-state index in [9.17, 15) is 0 Å². The van der Waals surface area contributed by atoms with Crippen molar-refractivity contribution >= 4 is 11.6 Å². The van der Waals surface area contributed by atoms with Crippen LogP contribution in [0.3, 0.4) is 0 Å². The van der Waals surface area contributed by atoms with E-state index in [1.54, 1.807) is 7.11 Å². The number of hydrogen-bond acceptors (Lipinski definition) is 3. The van der Waals surface area contributed by atoms with E-state index in [1.807, 2.05) is 37.4 Å². The minimum Gasteiger partial charge on any atom is -0.496 e. The predicted octanol–water partition coefficient (Wildman–Crippen LogP) is 6.42. The third kappa shape index (κ3) is 4.31. The molecule has 1 heterocycles. The van der Waals surface area contributed by atoms with Gasteiger partial charge in [-0.1, -0.05) is 43.6 Å². The van der Waals surface area contributed by atoms with Crippen molar-refractivity contribution < 1.29 is 9.47 Å². The van der Waals surface area contributed by atoms with Gasteiger partial charge in [0.25, 0.3) is 0 Å². The summed E-state index contributed by atoms with van der Waals surface area (Å²) in [6.45, 7) is 6.69. The van der Waals surface area contributed by atoms with E-state index in [0.29, 0.717) is 6.61 Å². The average molecular weight is 396 g/mol. The fraction of sp³-hybridized carbons (Fsp3) is 0.292. The summed E-state index contributed by atoms with van der Waals surface area (Å²) >= 11 is 6.08. The van der Waals surface area contributed by atoms with Gasteiger partial charge in [0.2, 0.25) is 0 Å². The molecule has 0 saturated carbocycles. The molecule has 28 heavy (non-hydrogen) atoms. The molecule has 0 unspecified atom stereocenters. The smallest absolute Gasteiger partial charge is 0.129 e. The maximum atomic E-state index is 6.08. The fourth-order valence-corrected chi connectivity index (χ4v) is 3.46. The van der Waals surface area contributed by atoms with Crippen LogP contribution in [-0.4, -0.2) is 12.1 Å². The summed E-state index contributed by atoms with van der Waals surface area (Å²) in [5.41, 5.74) is 6.65. The van der Waals surface area contributed by atoms with E-state index in [1.165, 1.54) is 16.7 Å². The highest BCUT2D eigenvalue weighted by Crippen LogP contribution is 2.32. The van der Waals surface area contributed by atoms with Gasteiger partial charge in [0.1, 0.15) is 18.1 Å². The van der Waals surface area contributed by atoms with Crippen molar-refractivity contribution in [3.05, 3.63) is 75.9 Å². The summed E-state index contributed by atoms with van der Waals surface area (Å²) in [4.78, 5) is 4.74. The van der Waals surface area contributed by atoms with Crippen LogP contribution in [0.4, 0.5) is 0 Å². The first-order chi connectivity index (χ1) is 13.6. The van der Waals surface area contributed by atoms with Crippen LogP contribution >= 0.6 is 11.6 Å². The number of pyridine rings is 1. The van der Waals surface area contributed by atoms with E-state index in [0.717, 1.165) is 46.2 Å². The maximum absolute atomic E-state index is 6.08. The largest absolute Gasteiger partial charge is 0.496 e. The Morgan fingerprint density at radius 1 is 0.964 bits per heavy atom. The molecule has 0 fully saturated rings. The molecule has 0 saturated heterocycles. The van der Waals surface area contributed by atoms with Crippen LogP contribution in [0.2, 0.25) is 5.02 Å². The molecule has 3 aromatic rings. The minimum absolute atomic E-state index is 0.383. The molecular weight excluding hydrogens is 370 g/mol. The number of halogens is 1. The monoisotopic (exact) mass is 395 g/mol. The average Bonchev–Trinajstić information content (AvgIpc) is 2.73. The first-order valence-corrected chi connectivity index (χ1v) is 9.98. The molecule has 0 spiro atoms. The van der Waals surface area contributed by atoms with Crippen LogP contribution in [0.25, 0.3) is 11.3 Å². The Morgan fingerprint density at radius 3 is 2.29 bits per heavy atom. The van der Waals surface area contributed by atoms with Gasteiger partial charge in [0.05, 0.1) is 12.8 Å². The van der Waals surface area contributed by atoms with E-state index >= 15 is 0 Å². The second-order valence-electron chi connectivity index (χ2n) is 6.74. The third-order valence-electron chi connectivity index (χ3n) is 4.94. The Kier molecular flexibility index (Phi) is 6.58. The van der Waals surface area contributed by atoms with E-state index in [4.69, 9.17) is 26.1 Å². The molecule has 0 N–H and O–H groups in total. The van der Waals surface area contributed by atoms with Crippen LogP contribution < -0.4 is 9.47 Å². The zero-order valence-corrected chi connectivity index (χ0v) is 17.6. The van der Waals surface area contributed by atoms with Crippen LogP contribution in [0.5, 0.6) is 11.5 Å². The van der Waals surface area contributed by atoms with Crippen molar-refractivity contribution in [1.29, 1.82) is 0 Å².